The number of hydrogen-bond acceptors (Lipinski definition) is 6. The van der Waals surface area contributed by atoms with Crippen molar-refractivity contribution in [1.82, 2.24) is 4.31 Å². The number of carbonyl (C=O) groups is 1. The zero-order valence-electron chi connectivity index (χ0n) is 16.4. The SMILES string of the molecule is COC(=O)C(CCC1C=CN(S(=O)(=O)c2ccc(C)cc2)C1)N=Cc1ccco1. The van der Waals surface area contributed by atoms with Crippen LogP contribution in [0.25, 0.3) is 0 Å². The normalized spacial score (nSPS) is 17.7. The van der Waals surface area contributed by atoms with E-state index in [1.807, 2.05) is 13.0 Å². The van der Waals surface area contributed by atoms with Crippen LogP contribution in [0.3, 0.4) is 0 Å². The Kier molecular flexibility index (Phi) is 6.53. The fourth-order valence-electron chi connectivity index (χ4n) is 3.07. The minimum atomic E-state index is -3.57. The molecule has 2 unspecified atom stereocenters. The molecule has 1 aromatic carbocycles. The van der Waals surface area contributed by atoms with Gasteiger partial charge in [-0.05, 0) is 49.9 Å². The van der Waals surface area contributed by atoms with Crippen molar-refractivity contribution in [3.63, 3.8) is 0 Å². The van der Waals surface area contributed by atoms with Crippen LogP contribution in [0.15, 0.2) is 69.2 Å². The molecule has 8 heteroatoms. The van der Waals surface area contributed by atoms with Crippen LogP contribution in [0.2, 0.25) is 0 Å². The molecule has 2 heterocycles. The van der Waals surface area contributed by atoms with Gasteiger partial charge in [-0.25, -0.2) is 13.2 Å². The Morgan fingerprint density at radius 1 is 1.34 bits per heavy atom. The standard InChI is InChI=1S/C21H24N2O5S/c1-16-5-8-19(9-6-16)29(25,26)23-12-11-17(15-23)7-10-20(21(24)27-2)22-14-18-4-3-13-28-18/h3-6,8-9,11-14,17,20H,7,10,15H2,1-2H3. The van der Waals surface area contributed by atoms with E-state index in [2.05, 4.69) is 4.99 Å². The number of furan rings is 1. The Hall–Kier alpha value is -2.87. The number of carbonyl (C=O) groups excluding carboxylic acids is 1. The quantitative estimate of drug-likeness (QED) is 0.487. The minimum absolute atomic E-state index is 0.00110. The molecular weight excluding hydrogens is 392 g/mol. The number of sulfonamides is 1. The van der Waals surface area contributed by atoms with E-state index in [9.17, 15) is 13.2 Å². The van der Waals surface area contributed by atoms with Gasteiger partial charge in [-0.15, -0.1) is 0 Å². The van der Waals surface area contributed by atoms with Gasteiger partial charge in [-0.2, -0.15) is 0 Å². The molecule has 0 spiro atoms. The lowest BCUT2D eigenvalue weighted by Gasteiger charge is -2.19. The summed E-state index contributed by atoms with van der Waals surface area (Å²) in [6.45, 7) is 2.25. The summed E-state index contributed by atoms with van der Waals surface area (Å²) in [5, 5.41) is 0. The molecule has 2 atom stereocenters. The molecular formula is C21H24N2O5S. The van der Waals surface area contributed by atoms with Crippen molar-refractivity contribution >= 4 is 22.2 Å². The smallest absolute Gasteiger partial charge is 0.330 e. The van der Waals surface area contributed by atoms with Gasteiger partial charge < -0.3 is 9.15 Å². The first kappa shape index (κ1) is 20.9. The fourth-order valence-corrected chi connectivity index (χ4v) is 4.44. The number of methoxy groups -OCH3 is 1. The molecule has 3 rings (SSSR count). The van der Waals surface area contributed by atoms with Gasteiger partial charge in [0, 0.05) is 12.7 Å². The second-order valence-corrected chi connectivity index (χ2v) is 8.79. The first-order chi connectivity index (χ1) is 13.9. The first-order valence-corrected chi connectivity index (χ1v) is 10.8. The summed E-state index contributed by atoms with van der Waals surface area (Å²) in [5.41, 5.74) is 1.00. The van der Waals surface area contributed by atoms with E-state index in [0.717, 1.165) is 5.56 Å². The van der Waals surface area contributed by atoms with Gasteiger partial charge in [0.15, 0.2) is 0 Å². The van der Waals surface area contributed by atoms with Crippen LogP contribution in [-0.4, -0.2) is 44.6 Å². The lowest BCUT2D eigenvalue weighted by Crippen LogP contribution is -2.27. The number of aryl methyl sites for hydroxylation is 1. The van der Waals surface area contributed by atoms with Gasteiger partial charge in [0.25, 0.3) is 10.0 Å². The van der Waals surface area contributed by atoms with Crippen LogP contribution < -0.4 is 0 Å². The predicted octanol–water partition coefficient (Wildman–Crippen LogP) is 3.16. The van der Waals surface area contributed by atoms with Crippen LogP contribution in [-0.2, 0) is 19.6 Å². The van der Waals surface area contributed by atoms with E-state index in [0.29, 0.717) is 25.1 Å². The molecule has 0 fully saturated rings. The zero-order chi connectivity index (χ0) is 20.9. The number of esters is 1. The molecule has 0 aliphatic carbocycles. The van der Waals surface area contributed by atoms with Crippen molar-refractivity contribution in [2.75, 3.05) is 13.7 Å². The number of aliphatic imine (C=N–C) groups is 1. The third kappa shape index (κ3) is 5.14. The van der Waals surface area contributed by atoms with Gasteiger partial charge in [-0.1, -0.05) is 23.8 Å². The lowest BCUT2D eigenvalue weighted by atomic mass is 10.0. The Labute approximate surface area is 170 Å². The van der Waals surface area contributed by atoms with Crippen LogP contribution in [0.5, 0.6) is 0 Å². The van der Waals surface area contributed by atoms with Gasteiger partial charge in [0.1, 0.15) is 11.8 Å². The van der Waals surface area contributed by atoms with Gasteiger partial charge in [0.2, 0.25) is 0 Å². The molecule has 7 nitrogen and oxygen atoms in total. The first-order valence-electron chi connectivity index (χ1n) is 9.31. The van der Waals surface area contributed by atoms with E-state index in [4.69, 9.17) is 9.15 Å². The van der Waals surface area contributed by atoms with E-state index in [-0.39, 0.29) is 10.8 Å². The second-order valence-electron chi connectivity index (χ2n) is 6.90. The number of nitrogens with zero attached hydrogens (tertiary/aromatic N) is 2. The number of ether oxygens (including phenoxy) is 1. The molecule has 0 N–H and O–H groups in total. The third-order valence-corrected chi connectivity index (χ3v) is 6.53. The van der Waals surface area contributed by atoms with Crippen LogP contribution in [0.4, 0.5) is 0 Å². The summed E-state index contributed by atoms with van der Waals surface area (Å²) in [4.78, 5) is 16.6. The van der Waals surface area contributed by atoms with Crippen molar-refractivity contribution in [3.05, 3.63) is 66.3 Å². The van der Waals surface area contributed by atoms with Crippen molar-refractivity contribution in [3.8, 4) is 0 Å². The highest BCUT2D eigenvalue weighted by Gasteiger charge is 2.28. The molecule has 0 radical (unpaired) electrons. The predicted molar refractivity (Wildman–Crippen MR) is 109 cm³/mol. The molecule has 0 amide bonds. The maximum Gasteiger partial charge on any atom is 0.330 e. The van der Waals surface area contributed by atoms with Gasteiger partial charge in [-0.3, -0.25) is 9.30 Å². The van der Waals surface area contributed by atoms with Crippen LogP contribution >= 0.6 is 0 Å². The Morgan fingerprint density at radius 2 is 2.10 bits per heavy atom. The summed E-state index contributed by atoms with van der Waals surface area (Å²) < 4.78 is 36.9. The van der Waals surface area contributed by atoms with Crippen molar-refractivity contribution in [2.24, 2.45) is 10.9 Å². The average Bonchev–Trinajstić information content (AvgIpc) is 3.40. The second kappa shape index (κ2) is 9.09. The Bertz CT molecular complexity index is 979. The molecule has 0 saturated carbocycles. The van der Waals surface area contributed by atoms with Crippen molar-refractivity contribution in [2.45, 2.75) is 30.7 Å². The van der Waals surface area contributed by atoms with Gasteiger partial charge in [0.05, 0.1) is 24.5 Å². The number of rotatable bonds is 8. The summed E-state index contributed by atoms with van der Waals surface area (Å²) in [6.07, 6.45) is 7.53. The van der Waals surface area contributed by atoms with Crippen LogP contribution in [0, 0.1) is 12.8 Å². The van der Waals surface area contributed by atoms with E-state index < -0.39 is 22.0 Å². The summed E-state index contributed by atoms with van der Waals surface area (Å²) in [7, 11) is -2.25. The maximum atomic E-state index is 12.8. The monoisotopic (exact) mass is 416 g/mol. The summed E-state index contributed by atoms with van der Waals surface area (Å²) in [5.74, 6) is 0.120. The maximum absolute atomic E-state index is 12.8. The zero-order valence-corrected chi connectivity index (χ0v) is 17.2. The highest BCUT2D eigenvalue weighted by molar-refractivity contribution is 7.89. The van der Waals surface area contributed by atoms with Crippen LogP contribution in [0.1, 0.15) is 24.2 Å². The molecule has 2 aromatic rings. The highest BCUT2D eigenvalue weighted by Crippen LogP contribution is 2.26. The highest BCUT2D eigenvalue weighted by atomic mass is 32.2. The molecule has 154 valence electrons. The molecule has 0 bridgehead atoms. The minimum Gasteiger partial charge on any atom is -0.467 e. The largest absolute Gasteiger partial charge is 0.467 e. The Balaban J connectivity index is 1.60. The fraction of sp³-hybridized carbons (Fsp3) is 0.333. The average molecular weight is 416 g/mol. The third-order valence-electron chi connectivity index (χ3n) is 4.78. The van der Waals surface area contributed by atoms with Crippen molar-refractivity contribution < 1.29 is 22.4 Å². The van der Waals surface area contributed by atoms with E-state index in [1.54, 1.807) is 42.6 Å². The molecule has 1 aliphatic heterocycles. The lowest BCUT2D eigenvalue weighted by molar-refractivity contribution is -0.142. The Morgan fingerprint density at radius 3 is 2.76 bits per heavy atom. The van der Waals surface area contributed by atoms with Gasteiger partial charge >= 0.3 is 5.97 Å². The summed E-state index contributed by atoms with van der Waals surface area (Å²) >= 11 is 0. The molecule has 0 saturated heterocycles. The number of benzene rings is 1. The molecule has 29 heavy (non-hydrogen) atoms. The van der Waals surface area contributed by atoms with E-state index >= 15 is 0 Å². The topological polar surface area (TPSA) is 89.2 Å². The molecule has 1 aromatic heterocycles. The number of hydrogen-bond donors (Lipinski definition) is 0. The van der Waals surface area contributed by atoms with E-state index in [1.165, 1.54) is 23.9 Å². The molecule has 1 aliphatic rings. The summed E-state index contributed by atoms with van der Waals surface area (Å²) in [6, 6.07) is 9.60. The van der Waals surface area contributed by atoms with Crippen molar-refractivity contribution in [1.29, 1.82) is 0 Å².